The second-order valence-corrected chi connectivity index (χ2v) is 7.74. The molecule has 1 saturated carbocycles. The molecule has 2 rings (SSSR count). The van der Waals surface area contributed by atoms with E-state index in [1.807, 2.05) is 25.1 Å². The van der Waals surface area contributed by atoms with E-state index in [-0.39, 0.29) is 12.6 Å². The Balaban J connectivity index is 2.15. The average Bonchev–Trinajstić information content (AvgIpc) is 3.35. The van der Waals surface area contributed by atoms with Crippen molar-refractivity contribution in [2.45, 2.75) is 32.4 Å². The van der Waals surface area contributed by atoms with Gasteiger partial charge in [-0.15, -0.1) is 0 Å². The molecule has 1 aliphatic carbocycles. The Kier molecular flexibility index (Phi) is 5.91. The van der Waals surface area contributed by atoms with Gasteiger partial charge in [0.2, 0.25) is 0 Å². The minimum Gasteiger partial charge on any atom is -0.383 e. The van der Waals surface area contributed by atoms with E-state index in [9.17, 15) is 8.42 Å². The van der Waals surface area contributed by atoms with E-state index in [4.69, 9.17) is 4.74 Å². The lowest BCUT2D eigenvalue weighted by Crippen LogP contribution is -2.47. The molecule has 0 aliphatic heterocycles. The van der Waals surface area contributed by atoms with Gasteiger partial charge in [-0.2, -0.15) is 17.0 Å². The van der Waals surface area contributed by atoms with E-state index in [1.54, 1.807) is 20.4 Å². The normalized spacial score (nSPS) is 17.1. The van der Waals surface area contributed by atoms with Crippen LogP contribution in [0.25, 0.3) is 0 Å². The molecular formula is C15H25N3O3S. The minimum absolute atomic E-state index is 0.0266. The molecule has 0 aromatic carbocycles. The van der Waals surface area contributed by atoms with Crippen LogP contribution in [0.15, 0.2) is 24.4 Å². The van der Waals surface area contributed by atoms with Crippen LogP contribution in [0.2, 0.25) is 0 Å². The van der Waals surface area contributed by atoms with Crippen molar-refractivity contribution in [3.8, 4) is 0 Å². The first-order valence-corrected chi connectivity index (χ1v) is 8.98. The molecule has 0 unspecified atom stereocenters. The second-order valence-electron chi connectivity index (χ2n) is 5.75. The summed E-state index contributed by atoms with van der Waals surface area (Å²) in [6.45, 7) is 2.91. The summed E-state index contributed by atoms with van der Waals surface area (Å²) in [7, 11) is -0.294. The molecule has 0 saturated heterocycles. The molecule has 1 aliphatic rings. The predicted octanol–water partition coefficient (Wildman–Crippen LogP) is 1.51. The fraction of sp³-hybridized carbons (Fsp3) is 0.667. The van der Waals surface area contributed by atoms with Crippen LogP contribution in [-0.4, -0.2) is 55.4 Å². The number of hydrogen-bond acceptors (Lipinski definition) is 4. The van der Waals surface area contributed by atoms with Crippen LogP contribution in [0, 0.1) is 5.92 Å². The van der Waals surface area contributed by atoms with Gasteiger partial charge in [0.05, 0.1) is 18.8 Å². The van der Waals surface area contributed by atoms with Crippen LogP contribution < -0.4 is 0 Å². The highest BCUT2D eigenvalue weighted by atomic mass is 32.2. The van der Waals surface area contributed by atoms with Gasteiger partial charge in [-0.05, 0) is 37.8 Å². The van der Waals surface area contributed by atoms with Gasteiger partial charge in [0, 0.05) is 32.9 Å². The van der Waals surface area contributed by atoms with E-state index < -0.39 is 10.2 Å². The third-order valence-corrected chi connectivity index (χ3v) is 6.20. The largest absolute Gasteiger partial charge is 0.383 e. The van der Waals surface area contributed by atoms with Gasteiger partial charge < -0.3 is 4.74 Å². The smallest absolute Gasteiger partial charge is 0.282 e. The van der Waals surface area contributed by atoms with Crippen LogP contribution in [0.5, 0.6) is 0 Å². The molecule has 1 heterocycles. The summed E-state index contributed by atoms with van der Waals surface area (Å²) in [5.41, 5.74) is 0.731. The molecule has 124 valence electrons. The fourth-order valence-corrected chi connectivity index (χ4v) is 3.97. The number of methoxy groups -OCH3 is 1. The molecule has 0 amide bonds. The molecule has 6 nitrogen and oxygen atoms in total. The van der Waals surface area contributed by atoms with Gasteiger partial charge in [0.1, 0.15) is 0 Å². The van der Waals surface area contributed by atoms with E-state index in [2.05, 4.69) is 4.98 Å². The molecule has 1 atom stereocenters. The fourth-order valence-electron chi connectivity index (χ4n) is 2.41. The SMILES string of the molecule is COCCN(Cc1ccccn1)S(=O)(=O)N(C)[C@H](C)C1CC1. The van der Waals surface area contributed by atoms with Crippen molar-refractivity contribution >= 4 is 10.2 Å². The molecule has 1 aromatic heterocycles. The van der Waals surface area contributed by atoms with Crippen LogP contribution in [0.1, 0.15) is 25.5 Å². The summed E-state index contributed by atoms with van der Waals surface area (Å²) in [6, 6.07) is 5.54. The third-order valence-electron chi connectivity index (χ3n) is 4.18. The maximum Gasteiger partial charge on any atom is 0.282 e. The molecule has 0 radical (unpaired) electrons. The number of nitrogens with zero attached hydrogens (tertiary/aromatic N) is 3. The first-order valence-electron chi connectivity index (χ1n) is 7.58. The lowest BCUT2D eigenvalue weighted by molar-refractivity contribution is 0.172. The monoisotopic (exact) mass is 327 g/mol. The summed E-state index contributed by atoms with van der Waals surface area (Å²) >= 11 is 0. The van der Waals surface area contributed by atoms with Crippen molar-refractivity contribution < 1.29 is 13.2 Å². The van der Waals surface area contributed by atoms with Crippen LogP contribution in [0.4, 0.5) is 0 Å². The van der Waals surface area contributed by atoms with Crippen LogP contribution in [-0.2, 0) is 21.5 Å². The number of ether oxygens (including phenoxy) is 1. The highest BCUT2D eigenvalue weighted by molar-refractivity contribution is 7.86. The van der Waals surface area contributed by atoms with Crippen molar-refractivity contribution in [2.75, 3.05) is 27.3 Å². The Bertz CT molecular complexity index is 561. The first kappa shape index (κ1) is 17.3. The van der Waals surface area contributed by atoms with Gasteiger partial charge in [-0.25, -0.2) is 0 Å². The highest BCUT2D eigenvalue weighted by Gasteiger charge is 2.37. The Morgan fingerprint density at radius 2 is 2.14 bits per heavy atom. The topological polar surface area (TPSA) is 62.7 Å². The number of aromatic nitrogens is 1. The lowest BCUT2D eigenvalue weighted by Gasteiger charge is -2.31. The summed E-state index contributed by atoms with van der Waals surface area (Å²) < 4.78 is 33.8. The molecule has 1 aromatic rings. The van der Waals surface area contributed by atoms with Crippen molar-refractivity contribution in [3.05, 3.63) is 30.1 Å². The summed E-state index contributed by atoms with van der Waals surface area (Å²) in [6.07, 6.45) is 3.89. The average molecular weight is 327 g/mol. The van der Waals surface area contributed by atoms with Gasteiger partial charge >= 0.3 is 0 Å². The minimum atomic E-state index is -3.53. The lowest BCUT2D eigenvalue weighted by atomic mass is 10.2. The maximum absolute atomic E-state index is 12.9. The van der Waals surface area contributed by atoms with Crippen molar-refractivity contribution in [2.24, 2.45) is 5.92 Å². The molecule has 0 bridgehead atoms. The Morgan fingerprint density at radius 3 is 2.68 bits per heavy atom. The predicted molar refractivity (Wildman–Crippen MR) is 85.4 cm³/mol. The molecule has 1 fully saturated rings. The molecule has 22 heavy (non-hydrogen) atoms. The number of pyridine rings is 1. The van der Waals surface area contributed by atoms with Crippen molar-refractivity contribution in [1.82, 2.24) is 13.6 Å². The summed E-state index contributed by atoms with van der Waals surface area (Å²) in [4.78, 5) is 4.23. The standard InChI is InChI=1S/C15H25N3O3S/c1-13(14-7-8-14)17(2)22(19,20)18(10-11-21-3)12-15-6-4-5-9-16-15/h4-6,9,13-14H,7-8,10-12H2,1-3H3/t13-/m1/s1. The number of rotatable bonds is 9. The van der Waals surface area contributed by atoms with Gasteiger partial charge in [-0.1, -0.05) is 6.07 Å². The zero-order valence-electron chi connectivity index (χ0n) is 13.5. The Hall–Kier alpha value is -1.02. The Morgan fingerprint density at radius 1 is 1.41 bits per heavy atom. The van der Waals surface area contributed by atoms with Gasteiger partial charge in [0.25, 0.3) is 10.2 Å². The van der Waals surface area contributed by atoms with E-state index in [1.165, 1.54) is 8.61 Å². The van der Waals surface area contributed by atoms with Crippen molar-refractivity contribution in [3.63, 3.8) is 0 Å². The molecule has 7 heteroatoms. The van der Waals surface area contributed by atoms with Gasteiger partial charge in [-0.3, -0.25) is 4.98 Å². The molecular weight excluding hydrogens is 302 g/mol. The summed E-state index contributed by atoms with van der Waals surface area (Å²) in [5.74, 6) is 0.485. The first-order chi connectivity index (χ1) is 10.5. The van der Waals surface area contributed by atoms with Crippen LogP contribution in [0.3, 0.4) is 0 Å². The molecule has 0 spiro atoms. The molecule has 0 N–H and O–H groups in total. The van der Waals surface area contributed by atoms with E-state index >= 15 is 0 Å². The zero-order valence-corrected chi connectivity index (χ0v) is 14.3. The van der Waals surface area contributed by atoms with Crippen molar-refractivity contribution in [1.29, 1.82) is 0 Å². The third kappa shape index (κ3) is 4.25. The summed E-state index contributed by atoms with van der Waals surface area (Å²) in [5, 5.41) is 0. The van der Waals surface area contributed by atoms with Crippen LogP contribution >= 0.6 is 0 Å². The highest BCUT2D eigenvalue weighted by Crippen LogP contribution is 2.35. The second kappa shape index (κ2) is 7.50. The quantitative estimate of drug-likeness (QED) is 0.690. The zero-order chi connectivity index (χ0) is 16.2. The van der Waals surface area contributed by atoms with E-state index in [0.29, 0.717) is 19.1 Å². The van der Waals surface area contributed by atoms with E-state index in [0.717, 1.165) is 18.5 Å². The maximum atomic E-state index is 12.9. The van der Waals surface area contributed by atoms with Gasteiger partial charge in [0.15, 0.2) is 0 Å². The number of hydrogen-bond donors (Lipinski definition) is 0. The Labute approximate surface area is 133 Å².